The molecule has 2 heteroatoms. The van der Waals surface area contributed by atoms with Crippen molar-refractivity contribution in [3.8, 4) is 22.3 Å². The lowest BCUT2D eigenvalue weighted by atomic mass is 9.67. The second-order valence-corrected chi connectivity index (χ2v) is 22.5. The Morgan fingerprint density at radius 3 is 1.20 bits per heavy atom. The standard InChI is InChI=1S/C81H60N2/c1-5-6-10-27-56(4)80(72-42-21-17-38-66(72)67-39-18-22-43-73(67)80)58-30-25-36-62(52-58)82(60-32-13-8-14-33-60)76-50-54(2)64-47-49-71-77(51-55(3)65-46-48-70(76)78(64)79(65)71)83(61-34-15-9-16-35-61)63-37-26-31-59(53-63)81(57-28-11-7-12-29-57)74-44-23-19-40-68(74)69-41-20-24-45-75(69)81/h5-53H,1H2,2-4H3/b10-6-,56-27+. The molecule has 0 N–H and O–H groups in total. The van der Waals surface area contributed by atoms with Crippen molar-refractivity contribution >= 4 is 66.4 Å². The highest BCUT2D eigenvalue weighted by molar-refractivity contribution is 6.29. The van der Waals surface area contributed by atoms with E-state index in [0.717, 1.165) is 34.1 Å². The summed E-state index contributed by atoms with van der Waals surface area (Å²) < 4.78 is 0. The Morgan fingerprint density at radius 1 is 0.349 bits per heavy atom. The number of fused-ring (bicyclic) bond motifs is 6. The first-order valence-corrected chi connectivity index (χ1v) is 28.9. The van der Waals surface area contributed by atoms with Gasteiger partial charge in [-0.15, -0.1) is 0 Å². The maximum Gasteiger partial charge on any atom is 0.0714 e. The molecule has 0 aliphatic heterocycles. The van der Waals surface area contributed by atoms with Crippen LogP contribution < -0.4 is 9.80 Å². The predicted octanol–water partition coefficient (Wildman–Crippen LogP) is 21.5. The Bertz CT molecular complexity index is 4650. The van der Waals surface area contributed by atoms with E-state index in [-0.39, 0.29) is 0 Å². The fraction of sp³-hybridized carbons (Fsp3) is 0.0617. The second kappa shape index (κ2) is 19.8. The molecule has 2 nitrogen and oxygen atoms in total. The highest BCUT2D eigenvalue weighted by Crippen LogP contribution is 2.59. The average molecular weight is 1060 g/mol. The number of aryl methyl sites for hydroxylation is 2. The summed E-state index contributed by atoms with van der Waals surface area (Å²) in [5.74, 6) is 0. The van der Waals surface area contributed by atoms with Gasteiger partial charge in [-0.25, -0.2) is 0 Å². The van der Waals surface area contributed by atoms with E-state index in [2.05, 4.69) is 322 Å². The van der Waals surface area contributed by atoms with Crippen LogP contribution in [0.1, 0.15) is 57.0 Å². The van der Waals surface area contributed by atoms with Gasteiger partial charge >= 0.3 is 0 Å². The molecule has 0 heterocycles. The van der Waals surface area contributed by atoms with Gasteiger partial charge in [0.1, 0.15) is 0 Å². The number of nitrogens with zero attached hydrogens (tertiary/aromatic N) is 2. The molecule has 0 atom stereocenters. The first-order chi connectivity index (χ1) is 40.9. The van der Waals surface area contributed by atoms with Crippen molar-refractivity contribution in [2.24, 2.45) is 0 Å². The van der Waals surface area contributed by atoms with E-state index in [1.54, 1.807) is 0 Å². The van der Waals surface area contributed by atoms with Gasteiger partial charge in [-0.05, 0) is 175 Å². The largest absolute Gasteiger partial charge is 0.310 e. The number of hydrogen-bond donors (Lipinski definition) is 0. The van der Waals surface area contributed by atoms with Crippen LogP contribution in [0.2, 0.25) is 0 Å². The van der Waals surface area contributed by atoms with Gasteiger partial charge in [0.25, 0.3) is 0 Å². The van der Waals surface area contributed by atoms with Crippen molar-refractivity contribution < 1.29 is 0 Å². The van der Waals surface area contributed by atoms with Crippen LogP contribution in [0.3, 0.4) is 0 Å². The molecule has 0 radical (unpaired) electrons. The number of anilines is 6. The minimum atomic E-state index is -0.554. The Balaban J connectivity index is 0.953. The molecule has 15 rings (SSSR count). The van der Waals surface area contributed by atoms with Crippen molar-refractivity contribution in [2.45, 2.75) is 31.6 Å². The zero-order chi connectivity index (χ0) is 55.8. The first-order valence-electron chi connectivity index (χ1n) is 28.9. The highest BCUT2D eigenvalue weighted by Gasteiger charge is 2.47. The molecule has 2 aliphatic carbocycles. The third-order valence-electron chi connectivity index (χ3n) is 18.2. The van der Waals surface area contributed by atoms with E-state index < -0.39 is 10.8 Å². The Kier molecular flexibility index (Phi) is 11.8. The molecule has 0 unspecified atom stereocenters. The van der Waals surface area contributed by atoms with Crippen LogP contribution in [0.5, 0.6) is 0 Å². The minimum Gasteiger partial charge on any atom is -0.310 e. The molecule has 0 bridgehead atoms. The van der Waals surface area contributed by atoms with E-state index >= 15 is 0 Å². The summed E-state index contributed by atoms with van der Waals surface area (Å²) in [5.41, 5.74) is 23.2. The fourth-order valence-corrected chi connectivity index (χ4v) is 14.7. The Labute approximate surface area is 486 Å². The van der Waals surface area contributed by atoms with Gasteiger partial charge in [-0.3, -0.25) is 0 Å². The van der Waals surface area contributed by atoms with Crippen molar-refractivity contribution in [2.75, 3.05) is 9.80 Å². The molecule has 0 saturated carbocycles. The van der Waals surface area contributed by atoms with E-state index in [1.165, 1.54) is 110 Å². The van der Waals surface area contributed by atoms with Crippen LogP contribution in [0.25, 0.3) is 54.6 Å². The summed E-state index contributed by atoms with van der Waals surface area (Å²) in [6, 6.07) is 102. The molecular formula is C81H60N2. The normalized spacial score (nSPS) is 13.7. The summed E-state index contributed by atoms with van der Waals surface area (Å²) in [6.07, 6.45) is 8.26. The molecule has 0 spiro atoms. The van der Waals surface area contributed by atoms with Crippen molar-refractivity contribution in [3.05, 3.63) is 360 Å². The smallest absolute Gasteiger partial charge is 0.0714 e. The molecule has 0 fully saturated rings. The van der Waals surface area contributed by atoms with Crippen LogP contribution in [0.15, 0.2) is 309 Å². The lowest BCUT2D eigenvalue weighted by molar-refractivity contribution is 0.746. The summed E-state index contributed by atoms with van der Waals surface area (Å²) in [7, 11) is 0. The average Bonchev–Trinajstić information content (AvgIpc) is 2.55. The molecule has 13 aromatic carbocycles. The predicted molar refractivity (Wildman–Crippen MR) is 351 cm³/mol. The van der Waals surface area contributed by atoms with E-state index in [1.807, 2.05) is 12.2 Å². The zero-order valence-electron chi connectivity index (χ0n) is 46.9. The third-order valence-corrected chi connectivity index (χ3v) is 18.2. The quantitative estimate of drug-likeness (QED) is 0.0889. The molecular weight excluding hydrogens is 1000 g/mol. The van der Waals surface area contributed by atoms with E-state index in [9.17, 15) is 0 Å². The first kappa shape index (κ1) is 49.7. The van der Waals surface area contributed by atoms with Gasteiger partial charge in [-0.1, -0.05) is 249 Å². The van der Waals surface area contributed by atoms with Crippen LogP contribution >= 0.6 is 0 Å². The van der Waals surface area contributed by atoms with Crippen molar-refractivity contribution in [3.63, 3.8) is 0 Å². The number of benzene rings is 13. The zero-order valence-corrected chi connectivity index (χ0v) is 46.9. The fourth-order valence-electron chi connectivity index (χ4n) is 14.7. The molecule has 394 valence electrons. The van der Waals surface area contributed by atoms with E-state index in [4.69, 9.17) is 0 Å². The minimum absolute atomic E-state index is 0.547. The summed E-state index contributed by atoms with van der Waals surface area (Å²) >= 11 is 0. The SMILES string of the molecule is C=C/C=C\C=C(/C)C1(c2cccc(N(c3ccccc3)c3cc(C)c4ccc5c(N(c6ccccc6)c6cccc(C7(c8ccccc8)c8ccccc8-c8ccccc87)c6)cc(C)c6ccc3c4c65)c2)c2ccccc2-c2ccccc21. The maximum absolute atomic E-state index is 4.00. The van der Waals surface area contributed by atoms with E-state index in [0.29, 0.717) is 0 Å². The van der Waals surface area contributed by atoms with Crippen LogP contribution in [0.4, 0.5) is 34.1 Å². The Hall–Kier alpha value is -10.3. The lowest BCUT2D eigenvalue weighted by Crippen LogP contribution is -2.29. The van der Waals surface area contributed by atoms with Gasteiger partial charge in [-0.2, -0.15) is 0 Å². The molecule has 2 aliphatic rings. The summed E-state index contributed by atoms with van der Waals surface area (Å²) in [4.78, 5) is 5.00. The number of allylic oxidation sites excluding steroid dienone is 5. The van der Waals surface area contributed by atoms with Crippen molar-refractivity contribution in [1.82, 2.24) is 0 Å². The summed E-state index contributed by atoms with van der Waals surface area (Å²) in [5, 5.41) is 7.44. The summed E-state index contributed by atoms with van der Waals surface area (Å²) in [6.45, 7) is 10.9. The molecule has 0 amide bonds. The number of hydrogen-bond acceptors (Lipinski definition) is 2. The van der Waals surface area contributed by atoms with Gasteiger partial charge in [0.2, 0.25) is 0 Å². The van der Waals surface area contributed by atoms with Gasteiger partial charge in [0, 0.05) is 33.5 Å². The molecule has 0 saturated heterocycles. The van der Waals surface area contributed by atoms with Crippen LogP contribution in [-0.2, 0) is 10.8 Å². The number of rotatable bonds is 12. The highest BCUT2D eigenvalue weighted by atomic mass is 15.2. The topological polar surface area (TPSA) is 6.48 Å². The van der Waals surface area contributed by atoms with Crippen molar-refractivity contribution in [1.29, 1.82) is 0 Å². The van der Waals surface area contributed by atoms with Gasteiger partial charge in [0.15, 0.2) is 0 Å². The third kappa shape index (κ3) is 7.42. The maximum atomic E-state index is 4.00. The lowest BCUT2D eigenvalue weighted by Gasteiger charge is -2.36. The number of para-hydroxylation sites is 2. The van der Waals surface area contributed by atoms with Crippen LogP contribution in [0, 0.1) is 13.8 Å². The monoisotopic (exact) mass is 1060 g/mol. The van der Waals surface area contributed by atoms with Gasteiger partial charge in [0.05, 0.1) is 22.2 Å². The van der Waals surface area contributed by atoms with Gasteiger partial charge < -0.3 is 9.80 Å². The second-order valence-electron chi connectivity index (χ2n) is 22.5. The molecule has 13 aromatic rings. The molecule has 0 aromatic heterocycles. The van der Waals surface area contributed by atoms with Crippen LogP contribution in [-0.4, -0.2) is 0 Å². The Morgan fingerprint density at radius 2 is 0.723 bits per heavy atom. The molecule has 83 heavy (non-hydrogen) atoms.